The first-order chi connectivity index (χ1) is 6.27. The van der Waals surface area contributed by atoms with E-state index in [1.807, 2.05) is 24.3 Å². The van der Waals surface area contributed by atoms with Crippen LogP contribution in [0, 0.1) is 0 Å². The van der Waals surface area contributed by atoms with Crippen molar-refractivity contribution in [3.63, 3.8) is 0 Å². The molecule has 1 aromatic carbocycles. The number of halogens is 2. The van der Waals surface area contributed by atoms with E-state index < -0.39 is 0 Å². The Balaban J connectivity index is 2.73. The molecule has 1 aromatic rings. The first-order valence-electron chi connectivity index (χ1n) is 4.08. The van der Waals surface area contributed by atoms with E-state index in [4.69, 9.17) is 27.9 Å². The third-order valence-corrected chi connectivity index (χ3v) is 2.52. The summed E-state index contributed by atoms with van der Waals surface area (Å²) in [6, 6.07) is 7.70. The summed E-state index contributed by atoms with van der Waals surface area (Å²) in [6.45, 7) is 0.644. The van der Waals surface area contributed by atoms with Gasteiger partial charge in [-0.25, -0.2) is 0 Å². The minimum absolute atomic E-state index is 0.254. The van der Waals surface area contributed by atoms with Crippen LogP contribution in [-0.4, -0.2) is 19.6 Å². The maximum absolute atomic E-state index is 5.81. The molecule has 1 rings (SSSR count). The average Bonchev–Trinajstić information content (AvgIpc) is 2.16. The van der Waals surface area contributed by atoms with Crippen LogP contribution in [0.5, 0.6) is 0 Å². The molecule has 0 spiro atoms. The monoisotopic (exact) mass is 218 g/mol. The summed E-state index contributed by atoms with van der Waals surface area (Å²) < 4.78 is 5.06. The number of hydrogen-bond acceptors (Lipinski definition) is 1. The van der Waals surface area contributed by atoms with Crippen LogP contribution >= 0.6 is 23.2 Å². The van der Waals surface area contributed by atoms with Gasteiger partial charge in [-0.1, -0.05) is 23.7 Å². The molecule has 0 radical (unpaired) electrons. The zero-order valence-corrected chi connectivity index (χ0v) is 8.98. The molecule has 0 aliphatic heterocycles. The van der Waals surface area contributed by atoms with Gasteiger partial charge in [-0.05, 0) is 17.7 Å². The van der Waals surface area contributed by atoms with Crippen LogP contribution in [-0.2, 0) is 4.74 Å². The molecule has 1 atom stereocenters. The second-order valence-electron chi connectivity index (χ2n) is 2.86. The molecule has 0 saturated carbocycles. The van der Waals surface area contributed by atoms with E-state index in [0.717, 1.165) is 5.02 Å². The molecule has 0 aliphatic carbocycles. The topological polar surface area (TPSA) is 9.23 Å². The fraction of sp³-hybridized carbons (Fsp3) is 0.400. The van der Waals surface area contributed by atoms with Crippen LogP contribution in [0.4, 0.5) is 0 Å². The van der Waals surface area contributed by atoms with Crippen LogP contribution in [0.3, 0.4) is 0 Å². The molecule has 0 saturated heterocycles. The van der Waals surface area contributed by atoms with Crippen molar-refractivity contribution in [1.82, 2.24) is 0 Å². The van der Waals surface area contributed by atoms with Gasteiger partial charge in [-0.15, -0.1) is 11.6 Å². The van der Waals surface area contributed by atoms with Crippen LogP contribution < -0.4 is 0 Å². The van der Waals surface area contributed by atoms with E-state index in [-0.39, 0.29) is 5.92 Å². The summed E-state index contributed by atoms with van der Waals surface area (Å²) in [4.78, 5) is 0. The largest absolute Gasteiger partial charge is 0.384 e. The maximum atomic E-state index is 5.81. The van der Waals surface area contributed by atoms with Crippen LogP contribution in [0.1, 0.15) is 11.5 Å². The standard InChI is InChI=1S/C10H12Cl2O/c1-13-7-9(6-11)8-2-4-10(12)5-3-8/h2-5,9H,6-7H2,1H3. The second-order valence-corrected chi connectivity index (χ2v) is 3.60. The van der Waals surface area contributed by atoms with Crippen molar-refractivity contribution >= 4 is 23.2 Å². The second kappa shape index (κ2) is 5.48. The summed E-state index contributed by atoms with van der Waals surface area (Å²) >= 11 is 11.6. The highest BCUT2D eigenvalue weighted by Crippen LogP contribution is 2.19. The van der Waals surface area contributed by atoms with Gasteiger partial charge in [0.05, 0.1) is 6.61 Å². The van der Waals surface area contributed by atoms with Gasteiger partial charge in [0.1, 0.15) is 0 Å². The van der Waals surface area contributed by atoms with Crippen molar-refractivity contribution < 1.29 is 4.74 Å². The van der Waals surface area contributed by atoms with Crippen molar-refractivity contribution in [2.45, 2.75) is 5.92 Å². The third kappa shape index (κ3) is 3.18. The highest BCUT2D eigenvalue weighted by Gasteiger charge is 2.09. The summed E-state index contributed by atoms with van der Waals surface area (Å²) in [6.07, 6.45) is 0. The lowest BCUT2D eigenvalue weighted by Crippen LogP contribution is -2.07. The number of rotatable bonds is 4. The number of hydrogen-bond donors (Lipinski definition) is 0. The van der Waals surface area contributed by atoms with Gasteiger partial charge in [0.2, 0.25) is 0 Å². The SMILES string of the molecule is COCC(CCl)c1ccc(Cl)cc1. The molecular weight excluding hydrogens is 207 g/mol. The average molecular weight is 219 g/mol. The fourth-order valence-corrected chi connectivity index (χ4v) is 1.56. The van der Waals surface area contributed by atoms with Crippen LogP contribution in [0.25, 0.3) is 0 Å². The number of alkyl halides is 1. The first-order valence-corrected chi connectivity index (χ1v) is 4.99. The van der Waals surface area contributed by atoms with E-state index in [1.54, 1.807) is 7.11 Å². The minimum Gasteiger partial charge on any atom is -0.384 e. The van der Waals surface area contributed by atoms with Crippen molar-refractivity contribution in [2.75, 3.05) is 19.6 Å². The molecular formula is C10H12Cl2O. The van der Waals surface area contributed by atoms with E-state index in [2.05, 4.69) is 0 Å². The minimum atomic E-state index is 0.254. The maximum Gasteiger partial charge on any atom is 0.0542 e. The zero-order valence-electron chi connectivity index (χ0n) is 7.47. The van der Waals surface area contributed by atoms with Crippen molar-refractivity contribution in [3.05, 3.63) is 34.9 Å². The number of ether oxygens (including phenoxy) is 1. The van der Waals surface area contributed by atoms with E-state index >= 15 is 0 Å². The Labute approximate surface area is 88.6 Å². The van der Waals surface area contributed by atoms with E-state index in [0.29, 0.717) is 12.5 Å². The van der Waals surface area contributed by atoms with Crippen molar-refractivity contribution in [2.24, 2.45) is 0 Å². The summed E-state index contributed by atoms with van der Waals surface area (Å²) in [7, 11) is 1.68. The first kappa shape index (κ1) is 10.8. The Morgan fingerprint density at radius 1 is 1.31 bits per heavy atom. The van der Waals surface area contributed by atoms with Gasteiger partial charge in [0.15, 0.2) is 0 Å². The van der Waals surface area contributed by atoms with Crippen molar-refractivity contribution in [1.29, 1.82) is 0 Å². The highest BCUT2D eigenvalue weighted by atomic mass is 35.5. The Morgan fingerprint density at radius 3 is 2.38 bits per heavy atom. The zero-order chi connectivity index (χ0) is 9.68. The van der Waals surface area contributed by atoms with Crippen LogP contribution in [0.2, 0.25) is 5.02 Å². The molecule has 0 aromatic heterocycles. The molecule has 0 N–H and O–H groups in total. The normalized spacial score (nSPS) is 12.8. The molecule has 1 unspecified atom stereocenters. The molecule has 0 bridgehead atoms. The molecule has 72 valence electrons. The van der Waals surface area contributed by atoms with Crippen molar-refractivity contribution in [3.8, 4) is 0 Å². The molecule has 3 heteroatoms. The number of benzene rings is 1. The van der Waals surface area contributed by atoms with Gasteiger partial charge >= 0.3 is 0 Å². The Hall–Kier alpha value is -0.240. The summed E-state index contributed by atoms with van der Waals surface area (Å²) in [5.74, 6) is 0.819. The molecule has 0 fully saturated rings. The Morgan fingerprint density at radius 2 is 1.92 bits per heavy atom. The predicted molar refractivity (Wildman–Crippen MR) is 56.8 cm³/mol. The third-order valence-electron chi connectivity index (χ3n) is 1.90. The van der Waals surface area contributed by atoms with Gasteiger partial charge in [0, 0.05) is 23.9 Å². The van der Waals surface area contributed by atoms with Gasteiger partial charge in [-0.2, -0.15) is 0 Å². The van der Waals surface area contributed by atoms with Gasteiger partial charge in [-0.3, -0.25) is 0 Å². The highest BCUT2D eigenvalue weighted by molar-refractivity contribution is 6.30. The predicted octanol–water partition coefficient (Wildman–Crippen LogP) is 3.31. The lowest BCUT2D eigenvalue weighted by Gasteiger charge is -2.12. The summed E-state index contributed by atoms with van der Waals surface area (Å²) in [5.41, 5.74) is 1.17. The molecule has 13 heavy (non-hydrogen) atoms. The molecule has 0 heterocycles. The van der Waals surface area contributed by atoms with Crippen LogP contribution in [0.15, 0.2) is 24.3 Å². The quantitative estimate of drug-likeness (QED) is 0.706. The van der Waals surface area contributed by atoms with E-state index in [1.165, 1.54) is 5.56 Å². The van der Waals surface area contributed by atoms with E-state index in [9.17, 15) is 0 Å². The smallest absolute Gasteiger partial charge is 0.0542 e. The van der Waals surface area contributed by atoms with Gasteiger partial charge < -0.3 is 4.74 Å². The molecule has 1 nitrogen and oxygen atoms in total. The molecule has 0 aliphatic rings. The Bertz CT molecular complexity index is 246. The lowest BCUT2D eigenvalue weighted by atomic mass is 10.0. The Kier molecular flexibility index (Phi) is 4.57. The fourth-order valence-electron chi connectivity index (χ4n) is 1.17. The number of methoxy groups -OCH3 is 1. The molecule has 0 amide bonds. The van der Waals surface area contributed by atoms with Gasteiger partial charge in [0.25, 0.3) is 0 Å². The lowest BCUT2D eigenvalue weighted by molar-refractivity contribution is 0.185. The summed E-state index contributed by atoms with van der Waals surface area (Å²) in [5, 5.41) is 0.745.